The van der Waals surface area contributed by atoms with Gasteiger partial charge in [-0.25, -0.2) is 0 Å². The molecule has 0 nitrogen and oxygen atoms in total. The third kappa shape index (κ3) is 3.64. The Morgan fingerprint density at radius 1 is 1.20 bits per heavy atom. The summed E-state index contributed by atoms with van der Waals surface area (Å²) in [5, 5.41) is 1.09. The summed E-state index contributed by atoms with van der Waals surface area (Å²) in [5.74, 6) is 0. The lowest BCUT2D eigenvalue weighted by Gasteiger charge is -2.22. The summed E-state index contributed by atoms with van der Waals surface area (Å²) in [7, 11) is 0. The number of hydrogen-bond donors (Lipinski definition) is 0. The van der Waals surface area contributed by atoms with E-state index in [0.29, 0.717) is 0 Å². The summed E-state index contributed by atoms with van der Waals surface area (Å²) in [5.41, 5.74) is 4.61. The smallest absolute Gasteiger partial charge is 0.00344 e. The van der Waals surface area contributed by atoms with Crippen molar-refractivity contribution < 1.29 is 0 Å². The van der Waals surface area contributed by atoms with Crippen LogP contribution in [0.3, 0.4) is 0 Å². The molecule has 0 heterocycles. The van der Waals surface area contributed by atoms with Crippen molar-refractivity contribution in [3.05, 3.63) is 34.9 Å². The van der Waals surface area contributed by atoms with Crippen LogP contribution in [0, 0.1) is 6.92 Å². The van der Waals surface area contributed by atoms with Crippen molar-refractivity contribution in [1.29, 1.82) is 0 Å². The van der Waals surface area contributed by atoms with Crippen LogP contribution in [0.5, 0.6) is 0 Å². The van der Waals surface area contributed by atoms with Crippen LogP contribution >= 0.6 is 15.9 Å². The molecule has 0 aliphatic heterocycles. The highest BCUT2D eigenvalue weighted by Crippen LogP contribution is 2.26. The average Bonchev–Trinajstić information content (AvgIpc) is 2.15. The summed E-state index contributed by atoms with van der Waals surface area (Å²) < 4.78 is 0. The molecule has 0 saturated carbocycles. The van der Waals surface area contributed by atoms with Crippen LogP contribution in [0.15, 0.2) is 18.2 Å². The standard InChI is InChI=1S/C14H21Br/c1-11-7-8-12(6-5-9-15)10-13(11)14(2,3)4/h7-8,10H,5-6,9H2,1-4H3. The number of benzene rings is 1. The predicted octanol–water partition coefficient (Wildman–Crippen LogP) is 4.62. The van der Waals surface area contributed by atoms with Crippen LogP contribution in [0.25, 0.3) is 0 Å². The first-order valence-electron chi connectivity index (χ1n) is 5.61. The molecule has 1 heteroatoms. The summed E-state index contributed by atoms with van der Waals surface area (Å²) in [6.45, 7) is 9.05. The molecule has 0 aromatic heterocycles. The minimum atomic E-state index is 0.258. The Morgan fingerprint density at radius 3 is 2.40 bits per heavy atom. The molecule has 0 N–H and O–H groups in total. The van der Waals surface area contributed by atoms with Gasteiger partial charge < -0.3 is 0 Å². The van der Waals surface area contributed by atoms with Crippen LogP contribution in [0.2, 0.25) is 0 Å². The highest BCUT2D eigenvalue weighted by atomic mass is 79.9. The van der Waals surface area contributed by atoms with Crippen molar-refractivity contribution in [2.45, 2.75) is 46.0 Å². The van der Waals surface area contributed by atoms with E-state index < -0.39 is 0 Å². The topological polar surface area (TPSA) is 0 Å². The monoisotopic (exact) mass is 268 g/mol. The highest BCUT2D eigenvalue weighted by Gasteiger charge is 2.16. The third-order valence-electron chi connectivity index (χ3n) is 2.71. The molecule has 84 valence electrons. The van der Waals surface area contributed by atoms with Crippen molar-refractivity contribution in [3.63, 3.8) is 0 Å². The molecule has 0 amide bonds. The van der Waals surface area contributed by atoms with Gasteiger partial charge in [-0.05, 0) is 41.9 Å². The quantitative estimate of drug-likeness (QED) is 0.702. The molecule has 0 radical (unpaired) electrons. The van der Waals surface area contributed by atoms with E-state index in [0.717, 1.165) is 5.33 Å². The van der Waals surface area contributed by atoms with Crippen molar-refractivity contribution in [1.82, 2.24) is 0 Å². The second kappa shape index (κ2) is 5.16. The van der Waals surface area contributed by atoms with E-state index in [-0.39, 0.29) is 5.41 Å². The van der Waals surface area contributed by atoms with Gasteiger partial charge in [0.1, 0.15) is 0 Å². The maximum atomic E-state index is 3.48. The lowest BCUT2D eigenvalue weighted by atomic mass is 9.83. The Bertz CT molecular complexity index is 321. The van der Waals surface area contributed by atoms with Gasteiger partial charge in [-0.3, -0.25) is 0 Å². The predicted molar refractivity (Wildman–Crippen MR) is 72.0 cm³/mol. The molecule has 1 aromatic rings. The molecule has 0 fully saturated rings. The van der Waals surface area contributed by atoms with E-state index in [2.05, 4.69) is 61.8 Å². The van der Waals surface area contributed by atoms with Gasteiger partial charge in [0.2, 0.25) is 0 Å². The lowest BCUT2D eigenvalue weighted by Crippen LogP contribution is -2.13. The Kier molecular flexibility index (Phi) is 4.39. The summed E-state index contributed by atoms with van der Waals surface area (Å²) >= 11 is 3.48. The van der Waals surface area contributed by atoms with Crippen molar-refractivity contribution in [3.8, 4) is 0 Å². The third-order valence-corrected chi connectivity index (χ3v) is 3.27. The van der Waals surface area contributed by atoms with Crippen molar-refractivity contribution in [2.24, 2.45) is 0 Å². The molecule has 0 aliphatic rings. The SMILES string of the molecule is Cc1ccc(CCCBr)cc1C(C)(C)C. The fourth-order valence-corrected chi connectivity index (χ4v) is 2.18. The lowest BCUT2D eigenvalue weighted by molar-refractivity contribution is 0.585. The fraction of sp³-hybridized carbons (Fsp3) is 0.571. The number of alkyl halides is 1. The first-order chi connectivity index (χ1) is 6.95. The fourth-order valence-electron chi connectivity index (χ4n) is 1.90. The molecule has 0 unspecified atom stereocenters. The van der Waals surface area contributed by atoms with Gasteiger partial charge in [0.15, 0.2) is 0 Å². The maximum absolute atomic E-state index is 3.48. The number of aryl methyl sites for hydroxylation is 2. The normalized spacial score (nSPS) is 11.8. The molecule has 0 atom stereocenters. The van der Waals surface area contributed by atoms with Gasteiger partial charge in [-0.2, -0.15) is 0 Å². The minimum absolute atomic E-state index is 0.258. The van der Waals surface area contributed by atoms with Crippen LogP contribution in [0.4, 0.5) is 0 Å². The van der Waals surface area contributed by atoms with Crippen LogP contribution in [-0.4, -0.2) is 5.33 Å². The molecule has 0 aliphatic carbocycles. The maximum Gasteiger partial charge on any atom is 0.00344 e. The largest absolute Gasteiger partial charge is 0.0928 e. The van der Waals surface area contributed by atoms with Crippen LogP contribution in [0.1, 0.15) is 43.9 Å². The van der Waals surface area contributed by atoms with Gasteiger partial charge in [0.05, 0.1) is 0 Å². The molecule has 1 aromatic carbocycles. The Morgan fingerprint density at radius 2 is 1.87 bits per heavy atom. The second-order valence-corrected chi connectivity index (χ2v) is 5.98. The highest BCUT2D eigenvalue weighted by molar-refractivity contribution is 9.09. The Labute approximate surface area is 102 Å². The van der Waals surface area contributed by atoms with E-state index in [1.165, 1.54) is 29.5 Å². The van der Waals surface area contributed by atoms with E-state index >= 15 is 0 Å². The number of rotatable bonds is 3. The molecule has 0 saturated heterocycles. The Hall–Kier alpha value is -0.300. The number of halogens is 1. The molecule has 1 rings (SSSR count). The van der Waals surface area contributed by atoms with Gasteiger partial charge >= 0.3 is 0 Å². The molecular formula is C14H21Br. The van der Waals surface area contributed by atoms with E-state index in [1.54, 1.807) is 0 Å². The van der Waals surface area contributed by atoms with Crippen LogP contribution in [-0.2, 0) is 11.8 Å². The van der Waals surface area contributed by atoms with Gasteiger partial charge in [-0.15, -0.1) is 0 Å². The van der Waals surface area contributed by atoms with E-state index in [9.17, 15) is 0 Å². The van der Waals surface area contributed by atoms with E-state index in [1.807, 2.05) is 0 Å². The first kappa shape index (κ1) is 12.8. The Balaban J connectivity index is 2.95. The number of hydrogen-bond acceptors (Lipinski definition) is 0. The van der Waals surface area contributed by atoms with Crippen LogP contribution < -0.4 is 0 Å². The zero-order valence-electron chi connectivity index (χ0n) is 10.2. The van der Waals surface area contributed by atoms with Gasteiger partial charge in [-0.1, -0.05) is 54.9 Å². The van der Waals surface area contributed by atoms with Crippen molar-refractivity contribution >= 4 is 15.9 Å². The van der Waals surface area contributed by atoms with Gasteiger partial charge in [0, 0.05) is 5.33 Å². The second-order valence-electron chi connectivity index (χ2n) is 5.19. The molecular weight excluding hydrogens is 248 g/mol. The zero-order chi connectivity index (χ0) is 11.5. The molecule has 0 bridgehead atoms. The molecule has 0 spiro atoms. The summed E-state index contributed by atoms with van der Waals surface area (Å²) in [6.07, 6.45) is 2.39. The molecule has 15 heavy (non-hydrogen) atoms. The summed E-state index contributed by atoms with van der Waals surface area (Å²) in [6, 6.07) is 6.88. The zero-order valence-corrected chi connectivity index (χ0v) is 11.8. The van der Waals surface area contributed by atoms with Crippen molar-refractivity contribution in [2.75, 3.05) is 5.33 Å². The van der Waals surface area contributed by atoms with Gasteiger partial charge in [0.25, 0.3) is 0 Å². The average molecular weight is 269 g/mol. The minimum Gasteiger partial charge on any atom is -0.0928 e. The van der Waals surface area contributed by atoms with E-state index in [4.69, 9.17) is 0 Å². The summed E-state index contributed by atoms with van der Waals surface area (Å²) in [4.78, 5) is 0. The first-order valence-corrected chi connectivity index (χ1v) is 6.73.